The highest BCUT2D eigenvalue weighted by atomic mass is 79.9. The number of aromatic nitrogens is 7. The van der Waals surface area contributed by atoms with Gasteiger partial charge in [0, 0.05) is 17.6 Å². The van der Waals surface area contributed by atoms with E-state index in [1.807, 2.05) is 0 Å². The highest BCUT2D eigenvalue weighted by molar-refractivity contribution is 9.10. The summed E-state index contributed by atoms with van der Waals surface area (Å²) >= 11 is 14.8. The maximum atomic E-state index is 14.7. The highest BCUT2D eigenvalue weighted by Crippen LogP contribution is 2.31. The fourth-order valence-electron chi connectivity index (χ4n) is 3.44. The van der Waals surface area contributed by atoms with Crippen molar-refractivity contribution in [2.75, 3.05) is 0 Å². The lowest BCUT2D eigenvalue weighted by molar-refractivity contribution is 0.202. The Bertz CT molecular complexity index is 1710. The van der Waals surface area contributed by atoms with Crippen LogP contribution in [0.4, 0.5) is 8.78 Å². The Morgan fingerprint density at radius 3 is 2.29 bits per heavy atom. The summed E-state index contributed by atoms with van der Waals surface area (Å²) in [7, 11) is 0. The third-order valence-corrected chi connectivity index (χ3v) is 5.97. The predicted molar refractivity (Wildman–Crippen MR) is 129 cm³/mol. The number of hydrogen-bond donors (Lipinski definition) is 1. The largest absolute Gasteiger partial charge is 0.382 e. The first-order valence-corrected chi connectivity index (χ1v) is 11.4. The normalized spacial score (nSPS) is 12.2. The van der Waals surface area contributed by atoms with Gasteiger partial charge in [0.1, 0.15) is 32.6 Å². The van der Waals surface area contributed by atoms with Crippen molar-refractivity contribution in [3.8, 4) is 0 Å². The van der Waals surface area contributed by atoms with Crippen LogP contribution in [0.3, 0.4) is 0 Å². The van der Waals surface area contributed by atoms with Crippen molar-refractivity contribution in [3.05, 3.63) is 98.9 Å². The van der Waals surface area contributed by atoms with Gasteiger partial charge in [-0.05, 0) is 52.3 Å². The van der Waals surface area contributed by atoms with E-state index in [1.54, 1.807) is 28.9 Å². The lowest BCUT2D eigenvalue weighted by Crippen LogP contribution is -2.10. The topological polar surface area (TPSA) is 93.5 Å². The van der Waals surface area contributed by atoms with Gasteiger partial charge >= 0.3 is 0 Å². The monoisotopic (exact) mass is 577 g/mol. The summed E-state index contributed by atoms with van der Waals surface area (Å²) in [6.45, 7) is 0. The van der Waals surface area contributed by atoms with Gasteiger partial charge in [0.15, 0.2) is 11.3 Å². The molecule has 0 amide bonds. The van der Waals surface area contributed by atoms with Crippen molar-refractivity contribution in [3.63, 3.8) is 0 Å². The minimum Gasteiger partial charge on any atom is -0.382 e. The summed E-state index contributed by atoms with van der Waals surface area (Å²) in [5.74, 6) is -1.77. The van der Waals surface area contributed by atoms with Crippen LogP contribution < -0.4 is 0 Å². The SMILES string of the molecule is Clc1ccc2ncc(Br)n2n1.OC(c1c(F)cc2ncccc2c1F)c1cnc2ccc(Cl)nn12. The van der Waals surface area contributed by atoms with E-state index in [0.29, 0.717) is 10.8 Å². The number of hydrogen-bond acceptors (Lipinski definition) is 6. The molecule has 5 aromatic heterocycles. The van der Waals surface area contributed by atoms with Gasteiger partial charge < -0.3 is 5.11 Å². The number of nitrogens with zero attached hydrogens (tertiary/aromatic N) is 7. The van der Waals surface area contributed by atoms with Crippen LogP contribution in [0.2, 0.25) is 10.3 Å². The van der Waals surface area contributed by atoms with E-state index in [1.165, 1.54) is 35.1 Å². The number of fused-ring (bicyclic) bond motifs is 3. The Morgan fingerprint density at radius 2 is 1.54 bits per heavy atom. The zero-order valence-electron chi connectivity index (χ0n) is 17.3. The number of imidazole rings is 2. The average molecular weight is 579 g/mol. The fraction of sp³-hybridized carbons (Fsp3) is 0.0455. The maximum absolute atomic E-state index is 14.7. The van der Waals surface area contributed by atoms with Crippen molar-refractivity contribution < 1.29 is 13.9 Å². The van der Waals surface area contributed by atoms with Crippen molar-refractivity contribution in [1.82, 2.24) is 34.2 Å². The van der Waals surface area contributed by atoms with Gasteiger partial charge in [-0.25, -0.2) is 27.8 Å². The third-order valence-electron chi connectivity index (χ3n) is 5.03. The molecule has 1 aromatic carbocycles. The molecule has 0 saturated carbocycles. The molecule has 5 heterocycles. The number of rotatable bonds is 2. The van der Waals surface area contributed by atoms with Gasteiger partial charge in [-0.3, -0.25) is 4.98 Å². The zero-order valence-corrected chi connectivity index (χ0v) is 20.4. The van der Waals surface area contributed by atoms with Crippen LogP contribution in [0, 0.1) is 11.6 Å². The Labute approximate surface area is 213 Å². The highest BCUT2D eigenvalue weighted by Gasteiger charge is 2.25. The minimum atomic E-state index is -1.60. The summed E-state index contributed by atoms with van der Waals surface area (Å²) in [5, 5.41) is 19.3. The summed E-state index contributed by atoms with van der Waals surface area (Å²) in [4.78, 5) is 12.0. The molecular weight excluding hydrogens is 567 g/mol. The lowest BCUT2D eigenvalue weighted by Gasteiger charge is -2.14. The minimum absolute atomic E-state index is 0.105. The van der Waals surface area contributed by atoms with Crippen molar-refractivity contribution in [2.24, 2.45) is 0 Å². The molecule has 1 N–H and O–H groups in total. The summed E-state index contributed by atoms with van der Waals surface area (Å²) in [6.07, 6.45) is 2.82. The number of pyridine rings is 1. The summed E-state index contributed by atoms with van der Waals surface area (Å²) < 4.78 is 32.8. The fourth-order valence-corrected chi connectivity index (χ4v) is 4.08. The quantitative estimate of drug-likeness (QED) is 0.294. The van der Waals surface area contributed by atoms with E-state index in [2.05, 4.69) is 41.1 Å². The van der Waals surface area contributed by atoms with Gasteiger partial charge in [0.2, 0.25) is 0 Å². The summed E-state index contributed by atoms with van der Waals surface area (Å²) in [6, 6.07) is 10.7. The van der Waals surface area contributed by atoms with Crippen molar-refractivity contribution in [2.45, 2.75) is 6.10 Å². The second-order valence-electron chi connectivity index (χ2n) is 7.17. The van der Waals surface area contributed by atoms with Crippen LogP contribution in [0.5, 0.6) is 0 Å². The molecule has 6 rings (SSSR count). The van der Waals surface area contributed by atoms with Gasteiger partial charge in [-0.1, -0.05) is 23.2 Å². The Balaban J connectivity index is 0.000000192. The standard InChI is InChI=1S/C16H9ClF2N4O.C6H3BrClN3/c17-12-3-4-13-21-7-11(23(13)22-12)16(24)14-9(18)6-10-8(15(14)19)2-1-5-20-10;7-4-3-9-6-2-1-5(8)10-11(4)6/h1-7,16,24H;1-3H. The maximum Gasteiger partial charge on any atom is 0.154 e. The number of aliphatic hydroxyl groups is 1. The van der Waals surface area contributed by atoms with Crippen LogP contribution in [0.1, 0.15) is 17.4 Å². The average Bonchev–Trinajstić information content (AvgIpc) is 3.42. The van der Waals surface area contributed by atoms with Crippen LogP contribution in [-0.2, 0) is 0 Å². The van der Waals surface area contributed by atoms with E-state index in [4.69, 9.17) is 23.2 Å². The third kappa shape index (κ3) is 4.43. The smallest absolute Gasteiger partial charge is 0.154 e. The zero-order chi connectivity index (χ0) is 24.7. The molecule has 0 aliphatic carbocycles. The predicted octanol–water partition coefficient (Wildman–Crippen LogP) is 5.44. The molecule has 176 valence electrons. The lowest BCUT2D eigenvalue weighted by atomic mass is 10.0. The molecule has 8 nitrogen and oxygen atoms in total. The van der Waals surface area contributed by atoms with Crippen LogP contribution in [0.15, 0.2) is 65.7 Å². The van der Waals surface area contributed by atoms with Crippen LogP contribution in [-0.4, -0.2) is 39.3 Å². The Morgan fingerprint density at radius 1 is 0.886 bits per heavy atom. The molecule has 1 atom stereocenters. The van der Waals surface area contributed by atoms with E-state index in [9.17, 15) is 13.9 Å². The molecule has 0 bridgehead atoms. The number of benzene rings is 1. The van der Waals surface area contributed by atoms with E-state index < -0.39 is 23.3 Å². The molecule has 0 aliphatic heterocycles. The molecule has 13 heteroatoms. The molecule has 0 aliphatic rings. The number of aliphatic hydroxyl groups excluding tert-OH is 1. The molecule has 35 heavy (non-hydrogen) atoms. The number of halogens is 5. The van der Waals surface area contributed by atoms with E-state index in [-0.39, 0.29) is 21.7 Å². The Kier molecular flexibility index (Phi) is 6.32. The first-order valence-electron chi connectivity index (χ1n) is 9.90. The molecular formula is C22H12BrCl2F2N7O. The van der Waals surface area contributed by atoms with E-state index >= 15 is 0 Å². The van der Waals surface area contributed by atoms with Gasteiger partial charge in [0.05, 0.1) is 29.2 Å². The first-order chi connectivity index (χ1) is 16.8. The summed E-state index contributed by atoms with van der Waals surface area (Å²) in [5.41, 5.74) is 0.966. The van der Waals surface area contributed by atoms with Gasteiger partial charge in [-0.2, -0.15) is 10.2 Å². The molecule has 6 aromatic rings. The molecule has 0 radical (unpaired) electrons. The van der Waals surface area contributed by atoms with Gasteiger partial charge in [-0.15, -0.1) is 0 Å². The molecule has 1 unspecified atom stereocenters. The second-order valence-corrected chi connectivity index (χ2v) is 8.76. The molecule has 0 spiro atoms. The Hall–Kier alpha value is -3.25. The van der Waals surface area contributed by atoms with Crippen molar-refractivity contribution >= 4 is 61.3 Å². The second kappa shape index (κ2) is 9.42. The molecule has 0 saturated heterocycles. The molecule has 0 fully saturated rings. The van der Waals surface area contributed by atoms with Crippen LogP contribution >= 0.6 is 39.1 Å². The van der Waals surface area contributed by atoms with E-state index in [0.717, 1.165) is 16.3 Å². The first kappa shape index (κ1) is 23.5. The van der Waals surface area contributed by atoms with Crippen LogP contribution in [0.25, 0.3) is 22.2 Å². The van der Waals surface area contributed by atoms with Gasteiger partial charge in [0.25, 0.3) is 0 Å². The van der Waals surface area contributed by atoms with Crippen molar-refractivity contribution in [1.29, 1.82) is 0 Å².